The number of allylic oxidation sites excluding steroid dienone is 1. The van der Waals surface area contributed by atoms with Crippen LogP contribution in [0.2, 0.25) is 0 Å². The number of esters is 1. The molecule has 1 heterocycles. The van der Waals surface area contributed by atoms with Gasteiger partial charge in [-0.1, -0.05) is 44.2 Å². The van der Waals surface area contributed by atoms with E-state index in [1.54, 1.807) is 0 Å². The number of hydrogen-bond acceptors (Lipinski definition) is 7. The van der Waals surface area contributed by atoms with E-state index < -0.39 is 6.10 Å². The quantitative estimate of drug-likeness (QED) is 0.183. The summed E-state index contributed by atoms with van der Waals surface area (Å²) in [7, 11) is 0. The summed E-state index contributed by atoms with van der Waals surface area (Å²) < 4.78 is 22.6. The highest BCUT2D eigenvalue weighted by molar-refractivity contribution is 5.99. The molecule has 3 aromatic carbocycles. The van der Waals surface area contributed by atoms with Crippen molar-refractivity contribution in [3.63, 3.8) is 0 Å². The Morgan fingerprint density at radius 1 is 0.923 bits per heavy atom. The Labute approximate surface area is 229 Å². The highest BCUT2D eigenvalue weighted by atomic mass is 16.7. The molecular formula is C32H35NO6. The highest BCUT2D eigenvalue weighted by Crippen LogP contribution is 2.40. The van der Waals surface area contributed by atoms with Crippen LogP contribution < -0.4 is 24.3 Å². The van der Waals surface area contributed by atoms with Gasteiger partial charge >= 0.3 is 5.97 Å². The van der Waals surface area contributed by atoms with Crippen LogP contribution in [0.15, 0.2) is 66.7 Å². The first-order valence-corrected chi connectivity index (χ1v) is 13.6. The van der Waals surface area contributed by atoms with Gasteiger partial charge in [-0.15, -0.1) is 0 Å². The third kappa shape index (κ3) is 6.61. The molecule has 2 aliphatic rings. The zero-order valence-electron chi connectivity index (χ0n) is 22.4. The summed E-state index contributed by atoms with van der Waals surface area (Å²) in [5, 5.41) is 13.2. The number of aliphatic hydroxyl groups is 1. The van der Waals surface area contributed by atoms with Crippen molar-refractivity contribution >= 4 is 17.1 Å². The first kappa shape index (κ1) is 26.8. The summed E-state index contributed by atoms with van der Waals surface area (Å²) in [6.07, 6.45) is 2.02. The Bertz CT molecular complexity index is 1310. The minimum atomic E-state index is -0.578. The van der Waals surface area contributed by atoms with Crippen molar-refractivity contribution in [1.29, 1.82) is 0 Å². The lowest BCUT2D eigenvalue weighted by molar-refractivity contribution is -0.135. The standard InChI is InChI=1S/C32H35NO6/c1-3-28(24-11-16-29-30(17-24)38-20-37-29)31(22-9-14-27(15-10-22)39-32(35)23-5-6-23)21-7-12-26(13-8-21)36-19-25(34)18-33-4-2/h7-17,23,25,33-34H,3-6,18-20H2,1-2H3. The lowest BCUT2D eigenvalue weighted by Crippen LogP contribution is -2.31. The zero-order valence-corrected chi connectivity index (χ0v) is 22.4. The van der Waals surface area contributed by atoms with Crippen molar-refractivity contribution in [3.8, 4) is 23.0 Å². The Kier molecular flexibility index (Phi) is 8.49. The monoisotopic (exact) mass is 529 g/mol. The number of hydrogen-bond donors (Lipinski definition) is 2. The maximum atomic E-state index is 12.1. The number of benzene rings is 3. The molecule has 3 aromatic rings. The number of aliphatic hydroxyl groups excluding tert-OH is 1. The minimum absolute atomic E-state index is 0.0441. The van der Waals surface area contributed by atoms with Gasteiger partial charge in [-0.2, -0.15) is 0 Å². The number of likely N-dealkylation sites (N-methyl/N-ethyl adjacent to an activating group) is 1. The molecule has 204 valence electrons. The van der Waals surface area contributed by atoms with Crippen LogP contribution in [-0.4, -0.2) is 43.7 Å². The molecule has 1 unspecified atom stereocenters. The molecule has 0 amide bonds. The molecule has 1 aliphatic carbocycles. The van der Waals surface area contributed by atoms with E-state index in [1.807, 2.05) is 67.6 Å². The summed E-state index contributed by atoms with van der Waals surface area (Å²) in [5.41, 5.74) is 5.28. The molecule has 0 radical (unpaired) electrons. The highest BCUT2D eigenvalue weighted by Gasteiger charge is 2.31. The predicted molar refractivity (Wildman–Crippen MR) is 150 cm³/mol. The summed E-state index contributed by atoms with van der Waals surface area (Å²) in [5.74, 6) is 2.62. The van der Waals surface area contributed by atoms with E-state index in [9.17, 15) is 9.90 Å². The molecule has 0 aromatic heterocycles. The molecule has 2 N–H and O–H groups in total. The Morgan fingerprint density at radius 2 is 1.56 bits per heavy atom. The fraction of sp³-hybridized carbons (Fsp3) is 0.344. The van der Waals surface area contributed by atoms with Crippen LogP contribution in [0.1, 0.15) is 49.8 Å². The van der Waals surface area contributed by atoms with Gasteiger partial charge in [0.05, 0.1) is 5.92 Å². The van der Waals surface area contributed by atoms with Crippen molar-refractivity contribution < 1.29 is 28.8 Å². The molecule has 1 fully saturated rings. The van der Waals surface area contributed by atoms with Crippen molar-refractivity contribution in [1.82, 2.24) is 5.32 Å². The van der Waals surface area contributed by atoms with Crippen LogP contribution in [0.5, 0.6) is 23.0 Å². The van der Waals surface area contributed by atoms with E-state index in [4.69, 9.17) is 18.9 Å². The first-order valence-electron chi connectivity index (χ1n) is 13.6. The molecule has 39 heavy (non-hydrogen) atoms. The number of carbonyl (C=O) groups excluding carboxylic acids is 1. The van der Waals surface area contributed by atoms with Crippen LogP contribution in [-0.2, 0) is 4.79 Å². The van der Waals surface area contributed by atoms with Crippen molar-refractivity contribution in [2.45, 2.75) is 39.2 Å². The van der Waals surface area contributed by atoms with Gasteiger partial charge in [0, 0.05) is 6.54 Å². The normalized spacial score (nSPS) is 15.5. The summed E-state index contributed by atoms with van der Waals surface area (Å²) >= 11 is 0. The third-order valence-electron chi connectivity index (χ3n) is 6.86. The van der Waals surface area contributed by atoms with Crippen molar-refractivity contribution in [3.05, 3.63) is 83.4 Å². The number of ether oxygens (including phenoxy) is 4. The van der Waals surface area contributed by atoms with E-state index in [-0.39, 0.29) is 25.3 Å². The Balaban J connectivity index is 1.46. The van der Waals surface area contributed by atoms with Gasteiger partial charge in [0.15, 0.2) is 11.5 Å². The maximum absolute atomic E-state index is 12.1. The van der Waals surface area contributed by atoms with Gasteiger partial charge in [-0.3, -0.25) is 4.79 Å². The van der Waals surface area contributed by atoms with E-state index in [0.29, 0.717) is 18.0 Å². The van der Waals surface area contributed by atoms with Crippen LogP contribution in [0.4, 0.5) is 0 Å². The summed E-state index contributed by atoms with van der Waals surface area (Å²) in [4.78, 5) is 12.1. The number of nitrogens with one attached hydrogen (secondary N) is 1. The fourth-order valence-electron chi connectivity index (χ4n) is 4.61. The largest absolute Gasteiger partial charge is 0.491 e. The summed E-state index contributed by atoms with van der Waals surface area (Å²) in [6, 6.07) is 21.6. The van der Waals surface area contributed by atoms with Gasteiger partial charge in [0.1, 0.15) is 24.2 Å². The second kappa shape index (κ2) is 12.4. The lowest BCUT2D eigenvalue weighted by Gasteiger charge is -2.18. The van der Waals surface area contributed by atoms with Gasteiger partial charge in [-0.05, 0) is 90.0 Å². The summed E-state index contributed by atoms with van der Waals surface area (Å²) in [6.45, 7) is 5.86. The third-order valence-corrected chi connectivity index (χ3v) is 6.86. The number of carbonyl (C=O) groups is 1. The molecule has 5 rings (SSSR count). The van der Waals surface area contributed by atoms with Gasteiger partial charge in [-0.25, -0.2) is 0 Å². The van der Waals surface area contributed by atoms with E-state index in [0.717, 1.165) is 65.1 Å². The SMILES string of the molecule is CCNCC(O)COc1ccc(C(=C(CC)c2ccc3c(c2)OCO3)c2ccc(OC(=O)C3CC3)cc2)cc1. The van der Waals surface area contributed by atoms with Crippen LogP contribution in [0.25, 0.3) is 11.1 Å². The van der Waals surface area contributed by atoms with E-state index in [2.05, 4.69) is 18.3 Å². The zero-order chi connectivity index (χ0) is 27.2. The molecule has 1 saturated carbocycles. The average Bonchev–Trinajstić information content (AvgIpc) is 3.72. The van der Waals surface area contributed by atoms with E-state index in [1.165, 1.54) is 0 Å². The first-order chi connectivity index (χ1) is 19.1. The fourth-order valence-corrected chi connectivity index (χ4v) is 4.61. The van der Waals surface area contributed by atoms with Gasteiger partial charge < -0.3 is 29.4 Å². The van der Waals surface area contributed by atoms with Crippen molar-refractivity contribution in [2.24, 2.45) is 5.92 Å². The van der Waals surface area contributed by atoms with Gasteiger partial charge in [0.2, 0.25) is 6.79 Å². The molecule has 1 atom stereocenters. The smallest absolute Gasteiger partial charge is 0.314 e. The Morgan fingerprint density at radius 3 is 2.21 bits per heavy atom. The molecule has 0 spiro atoms. The maximum Gasteiger partial charge on any atom is 0.314 e. The minimum Gasteiger partial charge on any atom is -0.491 e. The van der Waals surface area contributed by atoms with Gasteiger partial charge in [0.25, 0.3) is 0 Å². The lowest BCUT2D eigenvalue weighted by atomic mass is 9.88. The van der Waals surface area contributed by atoms with Crippen LogP contribution in [0, 0.1) is 5.92 Å². The van der Waals surface area contributed by atoms with Crippen molar-refractivity contribution in [2.75, 3.05) is 26.5 Å². The Hall–Kier alpha value is -3.81. The second-order valence-electron chi connectivity index (χ2n) is 9.79. The molecule has 0 saturated heterocycles. The second-order valence-corrected chi connectivity index (χ2v) is 9.79. The van der Waals surface area contributed by atoms with Crippen LogP contribution >= 0.6 is 0 Å². The topological polar surface area (TPSA) is 86.2 Å². The molecular weight excluding hydrogens is 494 g/mol. The average molecular weight is 530 g/mol. The number of rotatable bonds is 12. The number of fused-ring (bicyclic) bond motifs is 1. The van der Waals surface area contributed by atoms with Crippen LogP contribution in [0.3, 0.4) is 0 Å². The molecule has 7 heteroatoms. The molecule has 0 bridgehead atoms. The predicted octanol–water partition coefficient (Wildman–Crippen LogP) is 5.45. The van der Waals surface area contributed by atoms with E-state index >= 15 is 0 Å². The molecule has 1 aliphatic heterocycles. The molecule has 7 nitrogen and oxygen atoms in total.